The van der Waals surface area contributed by atoms with Crippen LogP contribution in [0, 0.1) is 4.91 Å². The van der Waals surface area contributed by atoms with Crippen molar-refractivity contribution in [2.24, 2.45) is 5.18 Å². The number of nitroso groups, excluding NO2 is 1. The maximum Gasteiger partial charge on any atom is 0.0931 e. The first-order chi connectivity index (χ1) is 6.26. The smallest absolute Gasteiger partial charge is 0.0931 e. The monoisotopic (exact) mass is 177 g/mol. The summed E-state index contributed by atoms with van der Waals surface area (Å²) in [6, 6.07) is 8.23. The third-order valence-electron chi connectivity index (χ3n) is 2.14. The number of rotatable bonds is 4. The van der Waals surface area contributed by atoms with E-state index in [-0.39, 0.29) is 6.04 Å². The molecule has 0 aliphatic heterocycles. The second-order valence-electron chi connectivity index (χ2n) is 3.33. The molecule has 2 heteroatoms. The van der Waals surface area contributed by atoms with E-state index in [1.165, 1.54) is 11.1 Å². The van der Waals surface area contributed by atoms with Crippen molar-refractivity contribution in [3.63, 3.8) is 0 Å². The topological polar surface area (TPSA) is 29.4 Å². The SMILES string of the molecule is CCc1ccc(CC(C)N=O)cc1. The Kier molecular flexibility index (Phi) is 3.62. The maximum atomic E-state index is 10.2. The van der Waals surface area contributed by atoms with Crippen LogP contribution in [0.15, 0.2) is 29.4 Å². The molecule has 0 bridgehead atoms. The van der Waals surface area contributed by atoms with Gasteiger partial charge >= 0.3 is 0 Å². The highest BCUT2D eigenvalue weighted by Crippen LogP contribution is 2.08. The van der Waals surface area contributed by atoms with Crippen molar-refractivity contribution in [1.29, 1.82) is 0 Å². The highest BCUT2D eigenvalue weighted by Gasteiger charge is 2.01. The van der Waals surface area contributed by atoms with Crippen molar-refractivity contribution >= 4 is 0 Å². The Balaban J connectivity index is 2.63. The van der Waals surface area contributed by atoms with Gasteiger partial charge in [0.1, 0.15) is 0 Å². The summed E-state index contributed by atoms with van der Waals surface area (Å²) in [6.07, 6.45) is 1.80. The minimum absolute atomic E-state index is 0.118. The van der Waals surface area contributed by atoms with E-state index in [0.29, 0.717) is 0 Å². The molecule has 0 fully saturated rings. The van der Waals surface area contributed by atoms with Gasteiger partial charge in [-0.25, -0.2) is 0 Å². The fourth-order valence-corrected chi connectivity index (χ4v) is 1.29. The Bertz CT molecular complexity index is 266. The van der Waals surface area contributed by atoms with Crippen LogP contribution in [0.5, 0.6) is 0 Å². The van der Waals surface area contributed by atoms with Gasteiger partial charge < -0.3 is 0 Å². The zero-order valence-corrected chi connectivity index (χ0v) is 8.16. The molecule has 0 aliphatic carbocycles. The molecule has 1 aromatic rings. The van der Waals surface area contributed by atoms with Gasteiger partial charge in [-0.15, -0.1) is 0 Å². The molecule has 0 amide bonds. The summed E-state index contributed by atoms with van der Waals surface area (Å²) in [5.41, 5.74) is 2.51. The van der Waals surface area contributed by atoms with Crippen LogP contribution in [-0.2, 0) is 12.8 Å². The predicted molar refractivity (Wildman–Crippen MR) is 54.8 cm³/mol. The molecule has 0 spiro atoms. The van der Waals surface area contributed by atoms with Gasteiger partial charge in [0.2, 0.25) is 0 Å². The average molecular weight is 177 g/mol. The highest BCUT2D eigenvalue weighted by atomic mass is 16.3. The number of nitrogens with zero attached hydrogens (tertiary/aromatic N) is 1. The Morgan fingerprint density at radius 3 is 2.23 bits per heavy atom. The summed E-state index contributed by atoms with van der Waals surface area (Å²) < 4.78 is 0. The van der Waals surface area contributed by atoms with Crippen molar-refractivity contribution in [3.8, 4) is 0 Å². The molecule has 1 atom stereocenters. The molecule has 1 rings (SSSR count). The van der Waals surface area contributed by atoms with Crippen LogP contribution in [0.4, 0.5) is 0 Å². The molecule has 0 N–H and O–H groups in total. The highest BCUT2D eigenvalue weighted by molar-refractivity contribution is 5.23. The molecule has 0 heterocycles. The predicted octanol–water partition coefficient (Wildman–Crippen LogP) is 2.95. The Morgan fingerprint density at radius 2 is 1.77 bits per heavy atom. The van der Waals surface area contributed by atoms with Crippen LogP contribution in [0.2, 0.25) is 0 Å². The molecule has 1 unspecified atom stereocenters. The minimum atomic E-state index is -0.118. The van der Waals surface area contributed by atoms with Gasteiger partial charge in [-0.3, -0.25) is 0 Å². The fraction of sp³-hybridized carbons (Fsp3) is 0.455. The first-order valence-corrected chi connectivity index (χ1v) is 4.66. The van der Waals surface area contributed by atoms with Gasteiger partial charge in [-0.2, -0.15) is 4.91 Å². The summed E-state index contributed by atoms with van der Waals surface area (Å²) in [7, 11) is 0. The number of aryl methyl sites for hydroxylation is 1. The lowest BCUT2D eigenvalue weighted by Crippen LogP contribution is -2.01. The van der Waals surface area contributed by atoms with Crippen molar-refractivity contribution < 1.29 is 0 Å². The van der Waals surface area contributed by atoms with E-state index in [4.69, 9.17) is 0 Å². The molecule has 0 saturated carbocycles. The quantitative estimate of drug-likeness (QED) is 0.650. The summed E-state index contributed by atoms with van der Waals surface area (Å²) in [5, 5.41) is 2.98. The van der Waals surface area contributed by atoms with Crippen LogP contribution in [0.25, 0.3) is 0 Å². The molecule has 0 aliphatic rings. The lowest BCUT2D eigenvalue weighted by atomic mass is 10.0. The number of hydrogen-bond donors (Lipinski definition) is 0. The van der Waals surface area contributed by atoms with Crippen molar-refractivity contribution in [3.05, 3.63) is 40.3 Å². The number of benzene rings is 1. The number of hydrogen-bond acceptors (Lipinski definition) is 2. The first kappa shape index (κ1) is 9.90. The summed E-state index contributed by atoms with van der Waals surface area (Å²) in [4.78, 5) is 10.2. The van der Waals surface area contributed by atoms with Crippen LogP contribution >= 0.6 is 0 Å². The Hall–Kier alpha value is -1.18. The zero-order valence-electron chi connectivity index (χ0n) is 8.16. The molecular formula is C11H15NO. The van der Waals surface area contributed by atoms with Gasteiger partial charge in [0.25, 0.3) is 0 Å². The van der Waals surface area contributed by atoms with Crippen molar-refractivity contribution in [1.82, 2.24) is 0 Å². The minimum Gasteiger partial charge on any atom is -0.151 e. The summed E-state index contributed by atoms with van der Waals surface area (Å²) in [5.74, 6) is 0. The molecule has 70 valence electrons. The molecule has 0 radical (unpaired) electrons. The molecule has 13 heavy (non-hydrogen) atoms. The van der Waals surface area contributed by atoms with Gasteiger partial charge in [-0.1, -0.05) is 36.4 Å². The van der Waals surface area contributed by atoms with Crippen LogP contribution in [-0.4, -0.2) is 6.04 Å². The van der Waals surface area contributed by atoms with E-state index in [9.17, 15) is 4.91 Å². The van der Waals surface area contributed by atoms with Crippen LogP contribution in [0.1, 0.15) is 25.0 Å². The normalized spacial score (nSPS) is 12.5. The Morgan fingerprint density at radius 1 is 1.23 bits per heavy atom. The maximum absolute atomic E-state index is 10.2. The molecule has 2 nitrogen and oxygen atoms in total. The standard InChI is InChI=1S/C11H15NO/c1-3-10-4-6-11(7-5-10)8-9(2)12-13/h4-7,9H,3,8H2,1-2H3. The van der Waals surface area contributed by atoms with Gasteiger partial charge in [0.15, 0.2) is 0 Å². The van der Waals surface area contributed by atoms with Crippen molar-refractivity contribution in [2.45, 2.75) is 32.7 Å². The third-order valence-corrected chi connectivity index (χ3v) is 2.14. The van der Waals surface area contributed by atoms with Gasteiger partial charge in [0, 0.05) is 0 Å². The van der Waals surface area contributed by atoms with E-state index in [2.05, 4.69) is 36.4 Å². The first-order valence-electron chi connectivity index (χ1n) is 4.66. The van der Waals surface area contributed by atoms with E-state index < -0.39 is 0 Å². The lowest BCUT2D eigenvalue weighted by molar-refractivity contribution is 0.733. The molecular weight excluding hydrogens is 162 g/mol. The van der Waals surface area contributed by atoms with Crippen molar-refractivity contribution in [2.75, 3.05) is 0 Å². The van der Waals surface area contributed by atoms with E-state index in [1.807, 2.05) is 6.92 Å². The lowest BCUT2D eigenvalue weighted by Gasteiger charge is -2.03. The largest absolute Gasteiger partial charge is 0.151 e. The molecule has 1 aromatic carbocycles. The summed E-state index contributed by atoms with van der Waals surface area (Å²) in [6.45, 7) is 3.96. The molecule has 0 aromatic heterocycles. The average Bonchev–Trinajstić information content (AvgIpc) is 2.19. The van der Waals surface area contributed by atoms with Crippen LogP contribution in [0.3, 0.4) is 0 Å². The second-order valence-corrected chi connectivity index (χ2v) is 3.33. The van der Waals surface area contributed by atoms with E-state index >= 15 is 0 Å². The van der Waals surface area contributed by atoms with E-state index in [0.717, 1.165) is 12.8 Å². The fourth-order valence-electron chi connectivity index (χ4n) is 1.29. The van der Waals surface area contributed by atoms with Crippen LogP contribution < -0.4 is 0 Å². The zero-order chi connectivity index (χ0) is 9.68. The Labute approximate surface area is 79.0 Å². The summed E-state index contributed by atoms with van der Waals surface area (Å²) >= 11 is 0. The van der Waals surface area contributed by atoms with Gasteiger partial charge in [-0.05, 0) is 30.9 Å². The third kappa shape index (κ3) is 2.98. The van der Waals surface area contributed by atoms with Gasteiger partial charge in [0.05, 0.1) is 6.04 Å². The van der Waals surface area contributed by atoms with E-state index in [1.54, 1.807) is 0 Å². The second kappa shape index (κ2) is 4.75. The molecule has 0 saturated heterocycles.